The van der Waals surface area contributed by atoms with Gasteiger partial charge in [0, 0.05) is 6.42 Å². The lowest BCUT2D eigenvalue weighted by atomic mass is 9.94. The van der Waals surface area contributed by atoms with Gasteiger partial charge in [-0.25, -0.2) is 0 Å². The number of ketones is 1. The first-order valence-electron chi connectivity index (χ1n) is 6.21. The molecule has 98 valence electrons. The second-order valence-corrected chi connectivity index (χ2v) is 5.86. The summed E-state index contributed by atoms with van der Waals surface area (Å²) in [6.45, 7) is 0.674. The van der Waals surface area contributed by atoms with E-state index < -0.39 is 0 Å². The highest BCUT2D eigenvalue weighted by Crippen LogP contribution is 2.32. The topological polar surface area (TPSA) is 26.3 Å². The summed E-state index contributed by atoms with van der Waals surface area (Å²) in [5.74, 6) is 0.0571. The summed E-state index contributed by atoms with van der Waals surface area (Å²) in [6.07, 6.45) is 1.13. The molecule has 0 fully saturated rings. The van der Waals surface area contributed by atoms with Crippen molar-refractivity contribution in [3.8, 4) is 0 Å². The molecule has 0 aliphatic carbocycles. The summed E-state index contributed by atoms with van der Waals surface area (Å²) in [5.41, 5.74) is 2.42. The predicted octanol–water partition coefficient (Wildman–Crippen LogP) is 4.29. The summed E-state index contributed by atoms with van der Waals surface area (Å²) in [7, 11) is 0. The fourth-order valence-electron chi connectivity index (χ4n) is 2.40. The zero-order valence-corrected chi connectivity index (χ0v) is 11.8. The molecule has 0 spiro atoms. The van der Waals surface area contributed by atoms with E-state index in [-0.39, 0.29) is 11.9 Å². The number of carbonyl (C=O) groups excluding carboxylic acids is 1. The van der Waals surface area contributed by atoms with Crippen LogP contribution in [0.15, 0.2) is 35.7 Å². The lowest BCUT2D eigenvalue weighted by Crippen LogP contribution is -2.18. The number of ether oxygens (including phenoxy) is 1. The third-order valence-electron chi connectivity index (χ3n) is 3.33. The fourth-order valence-corrected chi connectivity index (χ4v) is 3.51. The molecule has 0 N–H and O–H groups in total. The standard InChI is InChI=1S/C15H13ClO2S/c16-12-6-8-19-15(12)13(17)9-14-11-4-2-1-3-10(11)5-7-18-14/h1-4,6,8,14H,5,7,9H2. The maximum Gasteiger partial charge on any atom is 0.177 e. The van der Waals surface area contributed by atoms with Gasteiger partial charge in [0.1, 0.15) is 0 Å². The molecule has 2 nitrogen and oxygen atoms in total. The first kappa shape index (κ1) is 12.9. The van der Waals surface area contributed by atoms with Gasteiger partial charge in [0.25, 0.3) is 0 Å². The zero-order valence-electron chi connectivity index (χ0n) is 10.3. The number of rotatable bonds is 3. The van der Waals surface area contributed by atoms with E-state index in [4.69, 9.17) is 16.3 Å². The Labute approximate surface area is 121 Å². The highest BCUT2D eigenvalue weighted by molar-refractivity contribution is 7.12. The van der Waals surface area contributed by atoms with Crippen LogP contribution in [0.1, 0.15) is 33.3 Å². The highest BCUT2D eigenvalue weighted by Gasteiger charge is 2.24. The van der Waals surface area contributed by atoms with Gasteiger partial charge >= 0.3 is 0 Å². The molecule has 1 aliphatic rings. The first-order valence-corrected chi connectivity index (χ1v) is 7.47. The number of halogens is 1. The van der Waals surface area contributed by atoms with Gasteiger partial charge in [0.05, 0.1) is 22.6 Å². The molecule has 0 amide bonds. The van der Waals surface area contributed by atoms with Gasteiger partial charge in [-0.2, -0.15) is 0 Å². The van der Waals surface area contributed by atoms with Crippen LogP contribution < -0.4 is 0 Å². The number of carbonyl (C=O) groups is 1. The molecule has 19 heavy (non-hydrogen) atoms. The van der Waals surface area contributed by atoms with E-state index in [1.165, 1.54) is 16.9 Å². The van der Waals surface area contributed by atoms with Crippen LogP contribution in [0.2, 0.25) is 5.02 Å². The molecule has 0 bridgehead atoms. The van der Waals surface area contributed by atoms with Gasteiger partial charge in [-0.1, -0.05) is 35.9 Å². The minimum absolute atomic E-state index is 0.0571. The largest absolute Gasteiger partial charge is 0.373 e. The van der Waals surface area contributed by atoms with Crippen LogP contribution in [0.25, 0.3) is 0 Å². The van der Waals surface area contributed by atoms with Crippen LogP contribution in [-0.4, -0.2) is 12.4 Å². The van der Waals surface area contributed by atoms with E-state index in [2.05, 4.69) is 6.07 Å². The summed E-state index contributed by atoms with van der Waals surface area (Å²) >= 11 is 7.39. The molecule has 1 unspecified atom stereocenters. The highest BCUT2D eigenvalue weighted by atomic mass is 35.5. The van der Waals surface area contributed by atoms with Crippen molar-refractivity contribution in [2.24, 2.45) is 0 Å². The molecule has 4 heteroatoms. The van der Waals surface area contributed by atoms with Gasteiger partial charge < -0.3 is 4.74 Å². The van der Waals surface area contributed by atoms with Crippen molar-refractivity contribution in [1.29, 1.82) is 0 Å². The Bertz CT molecular complexity index is 606. The quantitative estimate of drug-likeness (QED) is 0.789. The van der Waals surface area contributed by atoms with Gasteiger partial charge in [-0.05, 0) is 29.0 Å². The summed E-state index contributed by atoms with van der Waals surface area (Å²) in [4.78, 5) is 12.9. The second kappa shape index (κ2) is 5.45. The third kappa shape index (κ3) is 2.59. The van der Waals surface area contributed by atoms with Gasteiger partial charge in [0.15, 0.2) is 5.78 Å². The Morgan fingerprint density at radius 3 is 3.00 bits per heavy atom. The molecular formula is C15H13ClO2S. The van der Waals surface area contributed by atoms with Crippen molar-refractivity contribution in [3.63, 3.8) is 0 Å². The number of thiophene rings is 1. The molecule has 1 atom stereocenters. The molecule has 0 radical (unpaired) electrons. The van der Waals surface area contributed by atoms with Crippen molar-refractivity contribution in [3.05, 3.63) is 56.7 Å². The third-order valence-corrected chi connectivity index (χ3v) is 4.72. The SMILES string of the molecule is O=C(CC1OCCc2ccccc21)c1sccc1Cl. The molecular weight excluding hydrogens is 280 g/mol. The van der Waals surface area contributed by atoms with Crippen LogP contribution in [0.5, 0.6) is 0 Å². The Morgan fingerprint density at radius 2 is 2.21 bits per heavy atom. The molecule has 2 aromatic rings. The average Bonchev–Trinajstić information content (AvgIpc) is 2.85. The van der Waals surface area contributed by atoms with Crippen molar-refractivity contribution in [2.45, 2.75) is 18.9 Å². The normalized spacial score (nSPS) is 18.1. The summed E-state index contributed by atoms with van der Waals surface area (Å²) < 4.78 is 5.75. The fraction of sp³-hybridized carbons (Fsp3) is 0.267. The maximum absolute atomic E-state index is 12.3. The molecule has 3 rings (SSSR count). The summed E-state index contributed by atoms with van der Waals surface area (Å²) in [6, 6.07) is 9.92. The van der Waals surface area contributed by atoms with Crippen molar-refractivity contribution < 1.29 is 9.53 Å². The van der Waals surface area contributed by atoms with E-state index >= 15 is 0 Å². The molecule has 1 aromatic carbocycles. The van der Waals surface area contributed by atoms with Crippen LogP contribution >= 0.6 is 22.9 Å². The maximum atomic E-state index is 12.3. The van der Waals surface area contributed by atoms with Crippen LogP contribution in [0.3, 0.4) is 0 Å². The smallest absolute Gasteiger partial charge is 0.177 e. The van der Waals surface area contributed by atoms with Crippen LogP contribution in [-0.2, 0) is 11.2 Å². The molecule has 1 aliphatic heterocycles. The molecule has 0 saturated carbocycles. The Morgan fingerprint density at radius 1 is 1.37 bits per heavy atom. The van der Waals surface area contributed by atoms with Gasteiger partial charge in [-0.3, -0.25) is 4.79 Å². The van der Waals surface area contributed by atoms with E-state index in [9.17, 15) is 4.79 Å². The Hall–Kier alpha value is -1.16. The van der Waals surface area contributed by atoms with Crippen LogP contribution in [0.4, 0.5) is 0 Å². The van der Waals surface area contributed by atoms with Crippen molar-refractivity contribution in [2.75, 3.05) is 6.61 Å². The molecule has 2 heterocycles. The minimum atomic E-state index is -0.143. The van der Waals surface area contributed by atoms with Gasteiger partial charge in [-0.15, -0.1) is 11.3 Å². The second-order valence-electron chi connectivity index (χ2n) is 4.53. The zero-order chi connectivity index (χ0) is 13.2. The molecule has 0 saturated heterocycles. The lowest BCUT2D eigenvalue weighted by Gasteiger charge is -2.25. The van der Waals surface area contributed by atoms with E-state index in [0.29, 0.717) is 22.9 Å². The van der Waals surface area contributed by atoms with Crippen molar-refractivity contribution in [1.82, 2.24) is 0 Å². The predicted molar refractivity (Wildman–Crippen MR) is 77.1 cm³/mol. The number of benzene rings is 1. The summed E-state index contributed by atoms with van der Waals surface area (Å²) in [5, 5.41) is 2.38. The minimum Gasteiger partial charge on any atom is -0.373 e. The monoisotopic (exact) mass is 292 g/mol. The van der Waals surface area contributed by atoms with Crippen LogP contribution in [0, 0.1) is 0 Å². The lowest BCUT2D eigenvalue weighted by molar-refractivity contribution is 0.0353. The number of Topliss-reactive ketones (excluding diaryl/α,β-unsaturated/α-hetero) is 1. The van der Waals surface area contributed by atoms with Gasteiger partial charge in [0.2, 0.25) is 0 Å². The Kier molecular flexibility index (Phi) is 3.69. The molecule has 1 aromatic heterocycles. The van der Waals surface area contributed by atoms with E-state index in [1.807, 2.05) is 23.6 Å². The van der Waals surface area contributed by atoms with Crippen molar-refractivity contribution >= 4 is 28.7 Å². The Balaban J connectivity index is 1.82. The number of hydrogen-bond donors (Lipinski definition) is 0. The number of fused-ring (bicyclic) bond motifs is 1. The van der Waals surface area contributed by atoms with E-state index in [0.717, 1.165) is 12.0 Å². The average molecular weight is 293 g/mol. The number of hydrogen-bond acceptors (Lipinski definition) is 3. The van der Waals surface area contributed by atoms with E-state index in [1.54, 1.807) is 6.07 Å². The first-order chi connectivity index (χ1) is 9.25.